The van der Waals surface area contributed by atoms with Gasteiger partial charge in [0, 0.05) is 24.2 Å². The Morgan fingerprint density at radius 1 is 1.17 bits per heavy atom. The van der Waals surface area contributed by atoms with Crippen molar-refractivity contribution in [2.24, 2.45) is 5.73 Å². The van der Waals surface area contributed by atoms with Crippen LogP contribution < -0.4 is 11.5 Å². The third-order valence-corrected chi connectivity index (χ3v) is 1.41. The van der Waals surface area contributed by atoms with Crippen LogP contribution in [0.15, 0.2) is 24.3 Å². The molecule has 1 aromatic rings. The zero-order valence-corrected chi connectivity index (χ0v) is 6.88. The maximum atomic E-state index is 5.51. The van der Waals surface area contributed by atoms with Gasteiger partial charge >= 0.3 is 0 Å². The van der Waals surface area contributed by atoms with Crippen LogP contribution in [-0.4, -0.2) is 6.54 Å². The van der Waals surface area contributed by atoms with Crippen molar-refractivity contribution in [2.45, 2.75) is 6.42 Å². The van der Waals surface area contributed by atoms with Gasteiger partial charge in [-0.3, -0.25) is 0 Å². The lowest BCUT2D eigenvalue weighted by Gasteiger charge is -1.91. The second-order valence-electron chi connectivity index (χ2n) is 2.46. The highest BCUT2D eigenvalue weighted by molar-refractivity contribution is 5.44. The van der Waals surface area contributed by atoms with Crippen LogP contribution in [0.1, 0.15) is 12.0 Å². The summed E-state index contributed by atoms with van der Waals surface area (Å²) in [7, 11) is 0. The molecule has 12 heavy (non-hydrogen) atoms. The van der Waals surface area contributed by atoms with Crippen LogP contribution >= 0.6 is 0 Å². The predicted molar refractivity (Wildman–Crippen MR) is 51.4 cm³/mol. The van der Waals surface area contributed by atoms with E-state index in [0.717, 1.165) is 17.7 Å². The van der Waals surface area contributed by atoms with Crippen molar-refractivity contribution in [3.05, 3.63) is 29.8 Å². The number of nitrogen functional groups attached to an aromatic ring is 1. The number of nitrogens with two attached hydrogens (primary N) is 2. The Kier molecular flexibility index (Phi) is 3.18. The minimum absolute atomic E-state index is 0.613. The van der Waals surface area contributed by atoms with Crippen LogP contribution in [0, 0.1) is 11.8 Å². The third-order valence-electron chi connectivity index (χ3n) is 1.41. The van der Waals surface area contributed by atoms with Crippen molar-refractivity contribution in [2.75, 3.05) is 12.3 Å². The summed E-state index contributed by atoms with van der Waals surface area (Å²) in [4.78, 5) is 0. The minimum Gasteiger partial charge on any atom is -0.399 e. The number of rotatable bonds is 1. The molecule has 2 heteroatoms. The fraction of sp³-hybridized carbons (Fsp3) is 0.200. The first-order valence-corrected chi connectivity index (χ1v) is 3.87. The van der Waals surface area contributed by atoms with Gasteiger partial charge in [-0.2, -0.15) is 0 Å². The normalized spacial score (nSPS) is 8.75. The van der Waals surface area contributed by atoms with Crippen molar-refractivity contribution in [3.63, 3.8) is 0 Å². The van der Waals surface area contributed by atoms with Crippen LogP contribution in [0.2, 0.25) is 0 Å². The summed E-state index contributed by atoms with van der Waals surface area (Å²) in [5.41, 5.74) is 12.6. The molecule has 0 aliphatic heterocycles. The van der Waals surface area contributed by atoms with E-state index >= 15 is 0 Å². The minimum atomic E-state index is 0.613. The average Bonchev–Trinajstić information content (AvgIpc) is 2.09. The number of hydrogen-bond donors (Lipinski definition) is 2. The second-order valence-corrected chi connectivity index (χ2v) is 2.46. The largest absolute Gasteiger partial charge is 0.399 e. The average molecular weight is 160 g/mol. The molecule has 0 fully saturated rings. The molecule has 62 valence electrons. The lowest BCUT2D eigenvalue weighted by atomic mass is 10.2. The van der Waals surface area contributed by atoms with E-state index in [9.17, 15) is 0 Å². The maximum absolute atomic E-state index is 5.51. The molecule has 0 saturated carbocycles. The van der Waals surface area contributed by atoms with E-state index in [1.165, 1.54) is 0 Å². The van der Waals surface area contributed by atoms with Gasteiger partial charge in [0.25, 0.3) is 0 Å². The van der Waals surface area contributed by atoms with Gasteiger partial charge in [0.05, 0.1) is 0 Å². The molecule has 1 aromatic carbocycles. The highest BCUT2D eigenvalue weighted by atomic mass is 14.5. The van der Waals surface area contributed by atoms with E-state index in [4.69, 9.17) is 11.5 Å². The van der Waals surface area contributed by atoms with Crippen LogP contribution in [0.3, 0.4) is 0 Å². The zero-order valence-electron chi connectivity index (χ0n) is 6.88. The van der Waals surface area contributed by atoms with Crippen molar-refractivity contribution in [1.29, 1.82) is 0 Å². The van der Waals surface area contributed by atoms with Crippen molar-refractivity contribution >= 4 is 5.69 Å². The van der Waals surface area contributed by atoms with Crippen LogP contribution in [-0.2, 0) is 0 Å². The fourth-order valence-corrected chi connectivity index (χ4v) is 0.803. The summed E-state index contributed by atoms with van der Waals surface area (Å²) in [6, 6.07) is 7.48. The molecule has 0 unspecified atom stereocenters. The van der Waals surface area contributed by atoms with E-state index in [0.29, 0.717) is 6.54 Å². The molecule has 1 rings (SSSR count). The Balaban J connectivity index is 2.66. The van der Waals surface area contributed by atoms with Crippen LogP contribution in [0.5, 0.6) is 0 Å². The Morgan fingerprint density at radius 2 is 1.83 bits per heavy atom. The van der Waals surface area contributed by atoms with Gasteiger partial charge in [0.1, 0.15) is 0 Å². The standard InChI is InChI=1S/C10H12N2/c11-8-2-1-3-9-4-6-10(12)7-5-9/h4-7H,2,8,11-12H2. The lowest BCUT2D eigenvalue weighted by molar-refractivity contribution is 1.03. The van der Waals surface area contributed by atoms with Gasteiger partial charge in [-0.25, -0.2) is 0 Å². The van der Waals surface area contributed by atoms with Crippen molar-refractivity contribution in [3.8, 4) is 11.8 Å². The molecule has 0 aromatic heterocycles. The second kappa shape index (κ2) is 4.42. The lowest BCUT2D eigenvalue weighted by Crippen LogP contribution is -1.95. The summed E-state index contributed by atoms with van der Waals surface area (Å²) in [6.07, 6.45) is 0.740. The Bertz CT molecular complexity index is 290. The van der Waals surface area contributed by atoms with E-state index < -0.39 is 0 Å². The quantitative estimate of drug-likeness (QED) is 0.475. The molecule has 0 saturated heterocycles. The Labute approximate surface area is 72.6 Å². The zero-order chi connectivity index (χ0) is 8.81. The van der Waals surface area contributed by atoms with Crippen LogP contribution in [0.25, 0.3) is 0 Å². The molecule has 0 heterocycles. The highest BCUT2D eigenvalue weighted by Crippen LogP contribution is 2.03. The van der Waals surface area contributed by atoms with Gasteiger partial charge in [0.2, 0.25) is 0 Å². The van der Waals surface area contributed by atoms with E-state index in [-0.39, 0.29) is 0 Å². The number of hydrogen-bond acceptors (Lipinski definition) is 2. The molecule has 4 N–H and O–H groups in total. The van der Waals surface area contributed by atoms with E-state index in [1.54, 1.807) is 0 Å². The maximum Gasteiger partial charge on any atom is 0.0314 e. The van der Waals surface area contributed by atoms with Gasteiger partial charge in [-0.15, -0.1) is 0 Å². The number of anilines is 1. The number of benzene rings is 1. The molecule has 0 aliphatic rings. The summed E-state index contributed by atoms with van der Waals surface area (Å²) < 4.78 is 0. The molecule has 0 spiro atoms. The molecule has 2 nitrogen and oxygen atoms in total. The van der Waals surface area contributed by atoms with Gasteiger partial charge in [0.15, 0.2) is 0 Å². The molecule has 0 radical (unpaired) electrons. The van der Waals surface area contributed by atoms with Crippen molar-refractivity contribution < 1.29 is 0 Å². The predicted octanol–water partition coefficient (Wildman–Crippen LogP) is 0.969. The molecule has 0 aliphatic carbocycles. The Morgan fingerprint density at radius 3 is 2.42 bits per heavy atom. The van der Waals surface area contributed by atoms with Gasteiger partial charge in [-0.05, 0) is 24.3 Å². The highest BCUT2D eigenvalue weighted by Gasteiger charge is 1.84. The first kappa shape index (κ1) is 8.63. The molecule has 0 bridgehead atoms. The first-order chi connectivity index (χ1) is 5.83. The van der Waals surface area contributed by atoms with E-state index in [1.807, 2.05) is 24.3 Å². The summed E-state index contributed by atoms with van der Waals surface area (Å²) >= 11 is 0. The molecular weight excluding hydrogens is 148 g/mol. The van der Waals surface area contributed by atoms with Crippen LogP contribution in [0.4, 0.5) is 5.69 Å². The molecule has 0 amide bonds. The van der Waals surface area contributed by atoms with E-state index in [2.05, 4.69) is 11.8 Å². The molecular formula is C10H12N2. The fourth-order valence-electron chi connectivity index (χ4n) is 0.803. The summed E-state index contributed by atoms with van der Waals surface area (Å²) in [5, 5.41) is 0. The third kappa shape index (κ3) is 2.65. The topological polar surface area (TPSA) is 52.0 Å². The van der Waals surface area contributed by atoms with Gasteiger partial charge < -0.3 is 11.5 Å². The monoisotopic (exact) mass is 160 g/mol. The van der Waals surface area contributed by atoms with Crippen molar-refractivity contribution in [1.82, 2.24) is 0 Å². The first-order valence-electron chi connectivity index (χ1n) is 3.87. The smallest absolute Gasteiger partial charge is 0.0314 e. The summed E-state index contributed by atoms with van der Waals surface area (Å²) in [6.45, 7) is 0.613. The SMILES string of the molecule is NCCC#Cc1ccc(N)cc1. The summed E-state index contributed by atoms with van der Waals surface area (Å²) in [5.74, 6) is 5.94. The Hall–Kier alpha value is -1.46. The molecule has 0 atom stereocenters. The van der Waals surface area contributed by atoms with Gasteiger partial charge in [-0.1, -0.05) is 11.8 Å².